The molecule has 1 unspecified atom stereocenters. The van der Waals surface area contributed by atoms with Gasteiger partial charge in [-0.05, 0) is 31.2 Å². The van der Waals surface area contributed by atoms with Crippen molar-refractivity contribution in [1.82, 2.24) is 0 Å². The molecular weight excluding hydrogens is 254 g/mol. The van der Waals surface area contributed by atoms with Gasteiger partial charge in [-0.25, -0.2) is 8.42 Å². The number of sulfone groups is 1. The van der Waals surface area contributed by atoms with Crippen LogP contribution in [0.5, 0.6) is 5.75 Å². The molecular formula is C12H19NO4S. The van der Waals surface area contributed by atoms with E-state index in [0.29, 0.717) is 12.4 Å². The Bertz CT molecular complexity index is 455. The van der Waals surface area contributed by atoms with Gasteiger partial charge in [-0.3, -0.25) is 0 Å². The zero-order valence-corrected chi connectivity index (χ0v) is 11.4. The van der Waals surface area contributed by atoms with Gasteiger partial charge in [0.25, 0.3) is 0 Å². The average Bonchev–Trinajstić information content (AvgIpc) is 2.38. The Kier molecular flexibility index (Phi) is 5.58. The number of benzene rings is 1. The molecule has 0 amide bonds. The highest BCUT2D eigenvalue weighted by atomic mass is 32.2. The van der Waals surface area contributed by atoms with Gasteiger partial charge in [0.05, 0.1) is 23.9 Å². The molecule has 0 radical (unpaired) electrons. The van der Waals surface area contributed by atoms with Crippen molar-refractivity contribution in [2.24, 2.45) is 5.73 Å². The van der Waals surface area contributed by atoms with Gasteiger partial charge in [0.1, 0.15) is 5.75 Å². The number of ether oxygens (including phenoxy) is 2. The van der Waals surface area contributed by atoms with Crippen molar-refractivity contribution < 1.29 is 17.9 Å². The van der Waals surface area contributed by atoms with Crippen LogP contribution in [0.3, 0.4) is 0 Å². The molecule has 6 heteroatoms. The molecule has 0 aliphatic heterocycles. The first-order valence-electron chi connectivity index (χ1n) is 5.72. The lowest BCUT2D eigenvalue weighted by molar-refractivity contribution is 0.0846. The van der Waals surface area contributed by atoms with E-state index in [1.165, 1.54) is 19.2 Å². The Morgan fingerprint density at radius 3 is 2.33 bits per heavy atom. The molecule has 5 nitrogen and oxygen atoms in total. The zero-order chi connectivity index (χ0) is 13.6. The van der Waals surface area contributed by atoms with Crippen molar-refractivity contribution in [3.8, 4) is 5.75 Å². The van der Waals surface area contributed by atoms with E-state index in [2.05, 4.69) is 0 Å². The zero-order valence-electron chi connectivity index (χ0n) is 10.6. The first-order valence-corrected chi connectivity index (χ1v) is 7.37. The van der Waals surface area contributed by atoms with Gasteiger partial charge >= 0.3 is 0 Å². The highest BCUT2D eigenvalue weighted by Crippen LogP contribution is 2.17. The second-order valence-electron chi connectivity index (χ2n) is 3.77. The molecule has 0 aromatic heterocycles. The Labute approximate surface area is 108 Å². The molecule has 0 spiro atoms. The van der Waals surface area contributed by atoms with Gasteiger partial charge in [0.2, 0.25) is 0 Å². The van der Waals surface area contributed by atoms with E-state index in [4.69, 9.17) is 15.2 Å². The van der Waals surface area contributed by atoms with Crippen LogP contribution in [-0.2, 0) is 14.6 Å². The van der Waals surface area contributed by atoms with Gasteiger partial charge in [0, 0.05) is 13.2 Å². The van der Waals surface area contributed by atoms with Crippen LogP contribution in [0.1, 0.15) is 6.92 Å². The molecule has 1 rings (SSSR count). The molecule has 0 fully saturated rings. The Balaban J connectivity index is 2.84. The van der Waals surface area contributed by atoms with Gasteiger partial charge in [-0.15, -0.1) is 0 Å². The molecule has 1 aromatic rings. The molecule has 102 valence electrons. The van der Waals surface area contributed by atoms with Crippen LogP contribution in [-0.4, -0.2) is 40.5 Å². The molecule has 1 atom stereocenters. The molecule has 0 bridgehead atoms. The quantitative estimate of drug-likeness (QED) is 0.796. The number of methoxy groups -OCH3 is 1. The third kappa shape index (κ3) is 3.97. The SMILES string of the molecule is CCOC(CN)CS(=O)(=O)c1ccc(OC)cc1. The van der Waals surface area contributed by atoms with Crippen LogP contribution in [0.2, 0.25) is 0 Å². The predicted octanol–water partition coefficient (Wildman–Crippen LogP) is 0.833. The maximum atomic E-state index is 12.1. The fourth-order valence-electron chi connectivity index (χ4n) is 1.54. The van der Waals surface area contributed by atoms with E-state index in [0.717, 1.165) is 0 Å². The summed E-state index contributed by atoms with van der Waals surface area (Å²) in [6, 6.07) is 6.28. The molecule has 0 aliphatic rings. The van der Waals surface area contributed by atoms with Crippen molar-refractivity contribution in [2.75, 3.05) is 26.0 Å². The maximum absolute atomic E-state index is 12.1. The summed E-state index contributed by atoms with van der Waals surface area (Å²) in [6.07, 6.45) is -0.470. The maximum Gasteiger partial charge on any atom is 0.180 e. The molecule has 1 aromatic carbocycles. The summed E-state index contributed by atoms with van der Waals surface area (Å²) >= 11 is 0. The highest BCUT2D eigenvalue weighted by molar-refractivity contribution is 7.91. The normalized spacial score (nSPS) is 13.3. The van der Waals surface area contributed by atoms with Crippen molar-refractivity contribution >= 4 is 9.84 Å². The van der Waals surface area contributed by atoms with E-state index >= 15 is 0 Å². The fraction of sp³-hybridized carbons (Fsp3) is 0.500. The van der Waals surface area contributed by atoms with Crippen LogP contribution in [0, 0.1) is 0 Å². The molecule has 2 N–H and O–H groups in total. The van der Waals surface area contributed by atoms with Crippen LogP contribution in [0.25, 0.3) is 0 Å². The van der Waals surface area contributed by atoms with Crippen LogP contribution >= 0.6 is 0 Å². The minimum absolute atomic E-state index is 0.107. The minimum atomic E-state index is -3.38. The minimum Gasteiger partial charge on any atom is -0.497 e. The van der Waals surface area contributed by atoms with Crippen molar-refractivity contribution in [2.45, 2.75) is 17.9 Å². The summed E-state index contributed by atoms with van der Waals surface area (Å²) in [5.74, 6) is 0.512. The summed E-state index contributed by atoms with van der Waals surface area (Å²) in [6.45, 7) is 2.44. The van der Waals surface area contributed by atoms with E-state index in [-0.39, 0.29) is 17.2 Å². The molecule has 0 aliphatic carbocycles. The van der Waals surface area contributed by atoms with Crippen molar-refractivity contribution in [3.63, 3.8) is 0 Å². The number of hydrogen-bond acceptors (Lipinski definition) is 5. The summed E-state index contributed by atoms with van der Waals surface area (Å²) in [7, 11) is -1.85. The topological polar surface area (TPSA) is 78.6 Å². The Morgan fingerprint density at radius 2 is 1.89 bits per heavy atom. The van der Waals surface area contributed by atoms with Crippen LogP contribution in [0.4, 0.5) is 0 Å². The van der Waals surface area contributed by atoms with Gasteiger partial charge in [-0.2, -0.15) is 0 Å². The fourth-order valence-corrected chi connectivity index (χ4v) is 3.01. The third-order valence-corrected chi connectivity index (χ3v) is 4.29. The summed E-state index contributed by atoms with van der Waals surface area (Å²) in [4.78, 5) is 0.251. The Morgan fingerprint density at radius 1 is 1.28 bits per heavy atom. The summed E-state index contributed by atoms with van der Waals surface area (Å²) < 4.78 is 34.4. The molecule has 18 heavy (non-hydrogen) atoms. The van der Waals surface area contributed by atoms with Gasteiger partial charge in [0.15, 0.2) is 9.84 Å². The largest absolute Gasteiger partial charge is 0.497 e. The standard InChI is InChI=1S/C12H19NO4S/c1-3-17-11(8-13)9-18(14,15)12-6-4-10(16-2)5-7-12/h4-7,11H,3,8-9,13H2,1-2H3. The molecule has 0 saturated heterocycles. The predicted molar refractivity (Wildman–Crippen MR) is 69.5 cm³/mol. The van der Waals surface area contributed by atoms with E-state index in [1.807, 2.05) is 6.92 Å². The molecule has 0 saturated carbocycles. The highest BCUT2D eigenvalue weighted by Gasteiger charge is 2.20. The third-order valence-electron chi connectivity index (χ3n) is 2.49. The van der Waals surface area contributed by atoms with Crippen molar-refractivity contribution in [1.29, 1.82) is 0 Å². The summed E-state index contributed by atoms with van der Waals surface area (Å²) in [5, 5.41) is 0. The number of rotatable bonds is 7. The number of nitrogens with two attached hydrogens (primary N) is 1. The molecule has 0 heterocycles. The van der Waals surface area contributed by atoms with E-state index < -0.39 is 15.9 Å². The lowest BCUT2D eigenvalue weighted by Crippen LogP contribution is -2.31. The second kappa shape index (κ2) is 6.72. The Hall–Kier alpha value is -1.11. The monoisotopic (exact) mass is 273 g/mol. The first-order chi connectivity index (χ1) is 8.53. The average molecular weight is 273 g/mol. The van der Waals surface area contributed by atoms with Gasteiger partial charge in [-0.1, -0.05) is 0 Å². The lowest BCUT2D eigenvalue weighted by atomic mass is 10.3. The van der Waals surface area contributed by atoms with Crippen LogP contribution < -0.4 is 10.5 Å². The first kappa shape index (κ1) is 14.9. The van der Waals surface area contributed by atoms with Crippen LogP contribution in [0.15, 0.2) is 29.2 Å². The number of hydrogen-bond donors (Lipinski definition) is 1. The van der Waals surface area contributed by atoms with Gasteiger partial charge < -0.3 is 15.2 Å². The van der Waals surface area contributed by atoms with E-state index in [9.17, 15) is 8.42 Å². The van der Waals surface area contributed by atoms with E-state index in [1.54, 1.807) is 12.1 Å². The lowest BCUT2D eigenvalue weighted by Gasteiger charge is -2.15. The van der Waals surface area contributed by atoms with Crippen molar-refractivity contribution in [3.05, 3.63) is 24.3 Å². The second-order valence-corrected chi connectivity index (χ2v) is 5.80. The smallest absolute Gasteiger partial charge is 0.180 e. The summed E-state index contributed by atoms with van der Waals surface area (Å²) in [5.41, 5.74) is 5.48.